The Labute approximate surface area is 186 Å². The van der Waals surface area contributed by atoms with Crippen LogP contribution < -0.4 is 9.62 Å². The van der Waals surface area contributed by atoms with Crippen molar-refractivity contribution < 1.29 is 13.2 Å². The number of likely N-dealkylation sites (tertiary alicyclic amines) is 1. The highest BCUT2D eigenvalue weighted by molar-refractivity contribution is 7.92. The van der Waals surface area contributed by atoms with Gasteiger partial charge in [0.25, 0.3) is 0 Å². The molecule has 2 aromatic rings. The van der Waals surface area contributed by atoms with Crippen molar-refractivity contribution in [1.29, 1.82) is 0 Å². The second-order valence-corrected chi connectivity index (χ2v) is 10.4. The van der Waals surface area contributed by atoms with E-state index < -0.39 is 16.1 Å². The molecule has 0 spiro atoms. The summed E-state index contributed by atoms with van der Waals surface area (Å²) in [6.45, 7) is 8.92. The minimum absolute atomic E-state index is 0.319. The summed E-state index contributed by atoms with van der Waals surface area (Å²) < 4.78 is 26.3. The van der Waals surface area contributed by atoms with E-state index >= 15 is 0 Å². The number of carbonyl (C=O) groups excluding carboxylic acids is 1. The molecule has 0 unspecified atom stereocenters. The number of nitrogens with one attached hydrogen (secondary N) is 1. The number of amides is 1. The van der Waals surface area contributed by atoms with E-state index in [0.29, 0.717) is 12.2 Å². The first kappa shape index (κ1) is 23.3. The van der Waals surface area contributed by atoms with Crippen LogP contribution >= 0.6 is 0 Å². The maximum absolute atomic E-state index is 13.0. The summed E-state index contributed by atoms with van der Waals surface area (Å²) in [6.07, 6.45) is 3.60. The van der Waals surface area contributed by atoms with Crippen LogP contribution in [0.4, 0.5) is 5.69 Å². The third-order valence-corrected chi connectivity index (χ3v) is 6.96. The largest absolute Gasteiger partial charge is 0.350 e. The zero-order valence-corrected chi connectivity index (χ0v) is 19.7. The molecule has 1 N–H and O–H groups in total. The summed E-state index contributed by atoms with van der Waals surface area (Å²) in [4.78, 5) is 15.4. The van der Waals surface area contributed by atoms with Gasteiger partial charge in [0.05, 0.1) is 11.9 Å². The van der Waals surface area contributed by atoms with Gasteiger partial charge in [-0.25, -0.2) is 8.42 Å². The van der Waals surface area contributed by atoms with Gasteiger partial charge in [0, 0.05) is 13.1 Å². The first-order valence-corrected chi connectivity index (χ1v) is 12.6. The topological polar surface area (TPSA) is 69.7 Å². The zero-order valence-electron chi connectivity index (χ0n) is 18.9. The number of nitrogens with zero attached hydrogens (tertiary/aromatic N) is 2. The van der Waals surface area contributed by atoms with E-state index in [9.17, 15) is 13.2 Å². The van der Waals surface area contributed by atoms with Gasteiger partial charge in [0.2, 0.25) is 15.9 Å². The Morgan fingerprint density at radius 1 is 1.06 bits per heavy atom. The summed E-state index contributed by atoms with van der Waals surface area (Å²) in [5.74, 6) is -0.319. The molecule has 7 heteroatoms. The molecular weight excluding hydrogens is 410 g/mol. The maximum atomic E-state index is 13.0. The van der Waals surface area contributed by atoms with Gasteiger partial charge in [-0.3, -0.25) is 14.0 Å². The summed E-state index contributed by atoms with van der Waals surface area (Å²) in [6, 6.07) is 12.8. The standard InChI is InChI=1S/C24H33N3O3S/c1-18-13-19(2)15-23(14-18)27(31(4,29)30)20(3)24(28)25-16-21-9-5-6-10-22(21)17-26-11-7-8-12-26/h5-6,9-10,13-15,20H,7-8,11-12,16-17H2,1-4H3,(H,25,28)/t20-/m0/s1. The summed E-state index contributed by atoms with van der Waals surface area (Å²) in [5.41, 5.74) is 4.68. The highest BCUT2D eigenvalue weighted by Crippen LogP contribution is 2.24. The van der Waals surface area contributed by atoms with Crippen LogP contribution in [0.25, 0.3) is 0 Å². The van der Waals surface area contributed by atoms with E-state index in [1.54, 1.807) is 19.1 Å². The maximum Gasteiger partial charge on any atom is 0.243 e. The second-order valence-electron chi connectivity index (χ2n) is 8.55. The fourth-order valence-electron chi connectivity index (χ4n) is 4.28. The third kappa shape index (κ3) is 6.08. The monoisotopic (exact) mass is 443 g/mol. The molecule has 6 nitrogen and oxygen atoms in total. The second kappa shape index (κ2) is 9.83. The predicted octanol–water partition coefficient (Wildman–Crippen LogP) is 3.37. The zero-order chi connectivity index (χ0) is 22.6. The molecule has 1 atom stereocenters. The van der Waals surface area contributed by atoms with Crippen LogP contribution in [0.1, 0.15) is 42.0 Å². The molecule has 1 saturated heterocycles. The molecule has 1 aliphatic rings. The van der Waals surface area contributed by atoms with E-state index in [0.717, 1.165) is 42.6 Å². The fraction of sp³-hybridized carbons (Fsp3) is 0.458. The Hall–Kier alpha value is -2.38. The van der Waals surface area contributed by atoms with Crippen LogP contribution in [-0.4, -0.2) is 44.6 Å². The SMILES string of the molecule is Cc1cc(C)cc(N([C@@H](C)C(=O)NCc2ccccc2CN2CCCC2)S(C)(=O)=O)c1. The van der Waals surface area contributed by atoms with Crippen LogP contribution in [0.5, 0.6) is 0 Å². The Morgan fingerprint density at radius 2 is 1.65 bits per heavy atom. The van der Waals surface area contributed by atoms with Crippen molar-refractivity contribution >= 4 is 21.6 Å². The lowest BCUT2D eigenvalue weighted by Gasteiger charge is -2.29. The Balaban J connectivity index is 1.74. The highest BCUT2D eigenvalue weighted by Gasteiger charge is 2.29. The minimum Gasteiger partial charge on any atom is -0.350 e. The Morgan fingerprint density at radius 3 is 2.23 bits per heavy atom. The molecule has 3 rings (SSSR count). The van der Waals surface area contributed by atoms with Crippen LogP contribution in [0.2, 0.25) is 0 Å². The van der Waals surface area contributed by atoms with E-state index in [-0.39, 0.29) is 5.91 Å². The van der Waals surface area contributed by atoms with Crippen molar-refractivity contribution in [2.75, 3.05) is 23.7 Å². The van der Waals surface area contributed by atoms with Crippen LogP contribution in [0, 0.1) is 13.8 Å². The van der Waals surface area contributed by atoms with Crippen LogP contribution in [0.3, 0.4) is 0 Å². The van der Waals surface area contributed by atoms with Crippen LogP contribution in [0.15, 0.2) is 42.5 Å². The van der Waals surface area contributed by atoms with Gasteiger partial charge >= 0.3 is 0 Å². The fourth-order valence-corrected chi connectivity index (χ4v) is 5.44. The van der Waals surface area contributed by atoms with Gasteiger partial charge in [0.1, 0.15) is 6.04 Å². The van der Waals surface area contributed by atoms with Gasteiger partial charge in [-0.15, -0.1) is 0 Å². The van der Waals surface area contributed by atoms with Crippen molar-refractivity contribution in [2.24, 2.45) is 0 Å². The molecule has 1 heterocycles. The molecule has 31 heavy (non-hydrogen) atoms. The van der Waals surface area contributed by atoms with E-state index in [4.69, 9.17) is 0 Å². The molecule has 0 aromatic heterocycles. The lowest BCUT2D eigenvalue weighted by molar-refractivity contribution is -0.122. The molecule has 0 aliphatic carbocycles. The first-order chi connectivity index (χ1) is 14.6. The number of sulfonamides is 1. The summed E-state index contributed by atoms with van der Waals surface area (Å²) in [5, 5.41) is 2.95. The lowest BCUT2D eigenvalue weighted by atomic mass is 10.1. The molecule has 2 aromatic carbocycles. The smallest absolute Gasteiger partial charge is 0.243 e. The molecule has 0 radical (unpaired) electrons. The molecule has 1 amide bonds. The predicted molar refractivity (Wildman–Crippen MR) is 126 cm³/mol. The van der Waals surface area contributed by atoms with Gasteiger partial charge in [-0.2, -0.15) is 0 Å². The van der Waals surface area contributed by atoms with Crippen molar-refractivity contribution in [3.05, 3.63) is 64.7 Å². The molecule has 168 valence electrons. The van der Waals surface area contributed by atoms with Gasteiger partial charge < -0.3 is 5.32 Å². The van der Waals surface area contributed by atoms with Gasteiger partial charge in [-0.1, -0.05) is 30.3 Å². The first-order valence-electron chi connectivity index (χ1n) is 10.8. The Kier molecular flexibility index (Phi) is 7.38. The van der Waals surface area contributed by atoms with Gasteiger partial charge in [0.15, 0.2) is 0 Å². The number of hydrogen-bond donors (Lipinski definition) is 1. The number of aryl methyl sites for hydroxylation is 2. The van der Waals surface area contributed by atoms with Gasteiger partial charge in [-0.05, 0) is 81.1 Å². The van der Waals surface area contributed by atoms with E-state index in [2.05, 4.69) is 16.3 Å². The number of carbonyl (C=O) groups is 1. The van der Waals surface area contributed by atoms with Crippen molar-refractivity contribution in [2.45, 2.75) is 52.7 Å². The van der Waals surface area contributed by atoms with Crippen molar-refractivity contribution in [3.8, 4) is 0 Å². The molecular formula is C24H33N3O3S. The van der Waals surface area contributed by atoms with Crippen molar-refractivity contribution in [3.63, 3.8) is 0 Å². The molecule has 1 fully saturated rings. The number of rotatable bonds is 8. The lowest BCUT2D eigenvalue weighted by Crippen LogP contribution is -2.47. The van der Waals surface area contributed by atoms with Crippen molar-refractivity contribution in [1.82, 2.24) is 10.2 Å². The van der Waals surface area contributed by atoms with Crippen LogP contribution in [-0.2, 0) is 27.9 Å². The average molecular weight is 444 g/mol. The molecule has 0 bridgehead atoms. The third-order valence-electron chi connectivity index (χ3n) is 5.71. The van der Waals surface area contributed by atoms with E-state index in [1.165, 1.54) is 22.7 Å². The number of anilines is 1. The molecule has 0 saturated carbocycles. The Bertz CT molecular complexity index is 1010. The average Bonchev–Trinajstić information content (AvgIpc) is 3.18. The van der Waals surface area contributed by atoms with E-state index in [1.807, 2.05) is 38.1 Å². The summed E-state index contributed by atoms with van der Waals surface area (Å²) in [7, 11) is -3.64. The summed E-state index contributed by atoms with van der Waals surface area (Å²) >= 11 is 0. The quantitative estimate of drug-likeness (QED) is 0.679. The number of hydrogen-bond acceptors (Lipinski definition) is 4. The number of benzene rings is 2. The highest BCUT2D eigenvalue weighted by atomic mass is 32.2. The minimum atomic E-state index is -3.64. The normalized spacial score (nSPS) is 15.6. The molecule has 1 aliphatic heterocycles.